The normalized spacial score (nSPS) is 10.0. The maximum atomic E-state index is 7.99. The Hall–Kier alpha value is -0.860. The van der Waals surface area contributed by atoms with Crippen molar-refractivity contribution in [2.24, 2.45) is 5.73 Å². The van der Waals surface area contributed by atoms with Crippen molar-refractivity contribution in [2.75, 3.05) is 13.2 Å². The topological polar surface area (TPSA) is 46.2 Å². The average Bonchev–Trinajstić information content (AvgIpc) is 2.62. The van der Waals surface area contributed by atoms with Gasteiger partial charge in [0, 0.05) is 6.61 Å². The minimum absolute atomic E-state index is 0.219. The Balaban J connectivity index is 0.000000114. The lowest BCUT2D eigenvalue weighted by Gasteiger charge is -1.80. The molecule has 0 atom stereocenters. The fourth-order valence-corrected chi connectivity index (χ4v) is 0.767. The molecule has 2 nitrogen and oxygen atoms in total. The summed E-state index contributed by atoms with van der Waals surface area (Å²) >= 11 is 0. The summed E-state index contributed by atoms with van der Waals surface area (Å²) in [7, 11) is 0. The first-order chi connectivity index (χ1) is 5.38. The van der Waals surface area contributed by atoms with E-state index in [9.17, 15) is 0 Å². The van der Waals surface area contributed by atoms with E-state index in [1.807, 2.05) is 0 Å². The molecular formula is C9H13NO. The molecule has 0 aromatic carbocycles. The first-order valence-corrected chi connectivity index (χ1v) is 3.80. The molecule has 0 saturated heterocycles. The zero-order valence-corrected chi connectivity index (χ0v) is 6.46. The molecule has 0 aliphatic heterocycles. The van der Waals surface area contributed by atoms with Crippen molar-refractivity contribution in [3.8, 4) is 11.1 Å². The molecular weight excluding hydrogens is 138 g/mol. The first kappa shape index (κ1) is 8.24. The number of hydrogen-bond acceptors (Lipinski definition) is 2. The van der Waals surface area contributed by atoms with Crippen LogP contribution in [0, 0.1) is 0 Å². The van der Waals surface area contributed by atoms with Gasteiger partial charge in [0.2, 0.25) is 0 Å². The molecule has 2 rings (SSSR count). The van der Waals surface area contributed by atoms with E-state index in [-0.39, 0.29) is 6.61 Å². The molecule has 0 radical (unpaired) electrons. The second-order valence-corrected chi connectivity index (χ2v) is 2.45. The molecule has 3 N–H and O–H groups in total. The quantitative estimate of drug-likeness (QED) is 0.672. The number of nitrogens with two attached hydrogens (primary N) is 1. The highest BCUT2D eigenvalue weighted by Gasteiger charge is 2.06. The summed E-state index contributed by atoms with van der Waals surface area (Å²) in [6.07, 6.45) is 0.722. The van der Waals surface area contributed by atoms with Gasteiger partial charge in [0.25, 0.3) is 0 Å². The van der Waals surface area contributed by atoms with Crippen LogP contribution in [0.15, 0.2) is 24.3 Å². The predicted molar refractivity (Wildman–Crippen MR) is 46.2 cm³/mol. The molecule has 0 aromatic heterocycles. The number of benzene rings is 1. The van der Waals surface area contributed by atoms with Gasteiger partial charge in [-0.3, -0.25) is 0 Å². The van der Waals surface area contributed by atoms with Crippen LogP contribution in [0.1, 0.15) is 6.42 Å². The largest absolute Gasteiger partial charge is 0.396 e. The minimum Gasteiger partial charge on any atom is -0.396 e. The van der Waals surface area contributed by atoms with E-state index in [4.69, 9.17) is 10.8 Å². The second-order valence-electron chi connectivity index (χ2n) is 2.45. The van der Waals surface area contributed by atoms with Gasteiger partial charge in [0.15, 0.2) is 0 Å². The number of fused-ring (bicyclic) bond motifs is 1. The fraction of sp³-hybridized carbons (Fsp3) is 0.333. The van der Waals surface area contributed by atoms with Crippen LogP contribution in [0.3, 0.4) is 0 Å². The highest BCUT2D eigenvalue weighted by Crippen LogP contribution is 2.32. The summed E-state index contributed by atoms with van der Waals surface area (Å²) in [5, 5.41) is 7.99. The monoisotopic (exact) mass is 151 g/mol. The summed E-state index contributed by atoms with van der Waals surface area (Å²) in [5.74, 6) is 0. The lowest BCUT2D eigenvalue weighted by Crippen LogP contribution is -1.99. The van der Waals surface area contributed by atoms with E-state index in [0.29, 0.717) is 6.54 Å². The molecule has 11 heavy (non-hydrogen) atoms. The molecule has 0 bridgehead atoms. The van der Waals surface area contributed by atoms with Gasteiger partial charge in [0.1, 0.15) is 0 Å². The second kappa shape index (κ2) is 4.11. The molecule has 0 unspecified atom stereocenters. The number of aliphatic hydroxyl groups is 1. The van der Waals surface area contributed by atoms with Gasteiger partial charge in [0.05, 0.1) is 0 Å². The number of rotatable bonds is 2. The SMILES string of the molecule is NCCCO.c1cc2cc-2c1. The van der Waals surface area contributed by atoms with Crippen LogP contribution < -0.4 is 5.73 Å². The first-order valence-electron chi connectivity index (χ1n) is 3.80. The average molecular weight is 151 g/mol. The lowest BCUT2D eigenvalue weighted by molar-refractivity contribution is 0.291. The van der Waals surface area contributed by atoms with E-state index < -0.39 is 0 Å². The summed E-state index contributed by atoms with van der Waals surface area (Å²) in [4.78, 5) is 0. The van der Waals surface area contributed by atoms with E-state index in [1.165, 1.54) is 11.1 Å². The highest BCUT2D eigenvalue weighted by atomic mass is 16.2. The number of aliphatic hydroxyl groups excluding tert-OH is 1. The standard InChI is InChI=1S/C6H4.C3H9NO/c1-2-5-4-6(5)3-1;4-2-1-3-5/h1-4H;5H,1-4H2. The highest BCUT2D eigenvalue weighted by molar-refractivity contribution is 5.80. The molecule has 2 aliphatic rings. The molecule has 0 fully saturated rings. The maximum absolute atomic E-state index is 7.99. The van der Waals surface area contributed by atoms with E-state index >= 15 is 0 Å². The van der Waals surface area contributed by atoms with Gasteiger partial charge < -0.3 is 10.8 Å². The molecule has 2 heteroatoms. The van der Waals surface area contributed by atoms with Crippen LogP contribution in [0.4, 0.5) is 0 Å². The van der Waals surface area contributed by atoms with Gasteiger partial charge in [-0.1, -0.05) is 18.2 Å². The van der Waals surface area contributed by atoms with Gasteiger partial charge in [-0.15, -0.1) is 0 Å². The van der Waals surface area contributed by atoms with Crippen molar-refractivity contribution in [1.82, 2.24) is 0 Å². The van der Waals surface area contributed by atoms with Crippen LogP contribution in [0.2, 0.25) is 0 Å². The Kier molecular flexibility index (Phi) is 3.08. The van der Waals surface area contributed by atoms with Crippen LogP contribution in [0.5, 0.6) is 0 Å². The molecule has 2 aliphatic carbocycles. The van der Waals surface area contributed by atoms with E-state index in [1.54, 1.807) is 0 Å². The third-order valence-electron chi connectivity index (χ3n) is 1.47. The van der Waals surface area contributed by atoms with Crippen molar-refractivity contribution >= 4 is 0 Å². The van der Waals surface area contributed by atoms with E-state index in [2.05, 4.69) is 24.3 Å². The fourth-order valence-electron chi connectivity index (χ4n) is 0.767. The zero-order chi connectivity index (χ0) is 8.10. The Labute approximate surface area is 66.7 Å². The predicted octanol–water partition coefficient (Wildman–Crippen LogP) is 0.995. The number of hydrogen-bond donors (Lipinski definition) is 2. The minimum atomic E-state index is 0.219. The third kappa shape index (κ3) is 2.70. The summed E-state index contributed by atoms with van der Waals surface area (Å²) < 4.78 is 0. The van der Waals surface area contributed by atoms with Crippen LogP contribution in [-0.4, -0.2) is 18.3 Å². The van der Waals surface area contributed by atoms with Gasteiger partial charge in [-0.25, -0.2) is 0 Å². The molecule has 60 valence electrons. The smallest absolute Gasteiger partial charge is 0.0443 e. The van der Waals surface area contributed by atoms with Crippen molar-refractivity contribution in [1.29, 1.82) is 0 Å². The summed E-state index contributed by atoms with van der Waals surface area (Å²) in [6, 6.07) is 8.48. The Morgan fingerprint density at radius 1 is 1.27 bits per heavy atom. The summed E-state index contributed by atoms with van der Waals surface area (Å²) in [6.45, 7) is 0.812. The molecule has 0 aromatic rings. The molecule has 0 amide bonds. The Morgan fingerprint density at radius 3 is 2.00 bits per heavy atom. The molecule has 0 heterocycles. The third-order valence-corrected chi connectivity index (χ3v) is 1.47. The Morgan fingerprint density at radius 2 is 1.91 bits per heavy atom. The molecule has 0 saturated carbocycles. The van der Waals surface area contributed by atoms with Gasteiger partial charge >= 0.3 is 0 Å². The van der Waals surface area contributed by atoms with Crippen molar-refractivity contribution < 1.29 is 5.11 Å². The van der Waals surface area contributed by atoms with Crippen molar-refractivity contribution in [2.45, 2.75) is 6.42 Å². The van der Waals surface area contributed by atoms with Crippen LogP contribution >= 0.6 is 0 Å². The van der Waals surface area contributed by atoms with Crippen LogP contribution in [0.25, 0.3) is 11.1 Å². The van der Waals surface area contributed by atoms with Crippen molar-refractivity contribution in [3.63, 3.8) is 0 Å². The molecule has 0 spiro atoms. The van der Waals surface area contributed by atoms with Gasteiger partial charge in [-0.05, 0) is 30.2 Å². The van der Waals surface area contributed by atoms with Crippen molar-refractivity contribution in [3.05, 3.63) is 24.3 Å². The maximum Gasteiger partial charge on any atom is 0.0443 e. The zero-order valence-electron chi connectivity index (χ0n) is 6.46. The van der Waals surface area contributed by atoms with E-state index in [0.717, 1.165) is 6.42 Å². The van der Waals surface area contributed by atoms with Crippen LogP contribution in [-0.2, 0) is 0 Å². The Bertz CT molecular complexity index is 203. The lowest BCUT2D eigenvalue weighted by atomic mass is 10.5. The summed E-state index contributed by atoms with van der Waals surface area (Å²) in [5.41, 5.74) is 7.83. The van der Waals surface area contributed by atoms with Gasteiger partial charge in [-0.2, -0.15) is 0 Å².